The second-order valence-electron chi connectivity index (χ2n) is 8.03. The number of hydrogen-bond acceptors (Lipinski definition) is 4. The Hall–Kier alpha value is -3.15. The number of rotatable bonds is 7. The van der Waals surface area contributed by atoms with Gasteiger partial charge in [-0.1, -0.05) is 18.2 Å². The van der Waals surface area contributed by atoms with Gasteiger partial charge in [-0.25, -0.2) is 8.42 Å². The van der Waals surface area contributed by atoms with Crippen LogP contribution in [0.15, 0.2) is 65.7 Å². The Labute approximate surface area is 188 Å². The Balaban J connectivity index is 1.24. The summed E-state index contributed by atoms with van der Waals surface area (Å²) < 4.78 is 29.3. The van der Waals surface area contributed by atoms with Gasteiger partial charge >= 0.3 is 0 Å². The minimum atomic E-state index is -3.61. The van der Waals surface area contributed by atoms with E-state index in [1.165, 1.54) is 39.5 Å². The molecule has 1 aliphatic rings. The molecule has 1 N–H and O–H groups in total. The van der Waals surface area contributed by atoms with Gasteiger partial charge in [0.05, 0.1) is 16.5 Å². The van der Waals surface area contributed by atoms with Gasteiger partial charge in [-0.2, -0.15) is 9.57 Å². The maximum Gasteiger partial charge on any atom is 0.243 e. The maximum atomic E-state index is 12.8. The normalized spacial score (nSPS) is 15.5. The first-order valence-corrected chi connectivity index (χ1v) is 12.2. The fraction of sp³-hybridized carbons (Fsp3) is 0.333. The number of amides is 1. The number of nitrogens with zero attached hydrogens (tertiary/aromatic N) is 3. The van der Waals surface area contributed by atoms with Crippen molar-refractivity contribution < 1.29 is 13.2 Å². The van der Waals surface area contributed by atoms with Gasteiger partial charge in [0.1, 0.15) is 0 Å². The van der Waals surface area contributed by atoms with Crippen molar-refractivity contribution in [3.63, 3.8) is 0 Å². The van der Waals surface area contributed by atoms with Crippen LogP contribution in [0.2, 0.25) is 0 Å². The standard InChI is InChI=1S/C24H26N4O3S/c25-18-19-6-8-22(9-7-19)32(30,31)28-16-11-21(12-17-28)24(29)26-13-3-14-27-15-10-20-4-1-2-5-23(20)27/h1-2,4-10,15,21H,3,11-14,16-17H2,(H,26,29). The Morgan fingerprint density at radius 3 is 2.50 bits per heavy atom. The third-order valence-corrected chi connectivity index (χ3v) is 7.91. The average Bonchev–Trinajstić information content (AvgIpc) is 3.25. The molecule has 4 rings (SSSR count). The molecular weight excluding hydrogens is 424 g/mol. The number of hydrogen-bond donors (Lipinski definition) is 1. The highest BCUT2D eigenvalue weighted by Gasteiger charge is 2.31. The first-order chi connectivity index (χ1) is 15.5. The molecule has 0 aliphatic carbocycles. The molecule has 32 heavy (non-hydrogen) atoms. The number of sulfonamides is 1. The zero-order chi connectivity index (χ0) is 22.6. The predicted molar refractivity (Wildman–Crippen MR) is 122 cm³/mol. The van der Waals surface area contributed by atoms with Crippen LogP contribution in [0.3, 0.4) is 0 Å². The van der Waals surface area contributed by atoms with E-state index in [1.54, 1.807) is 0 Å². The first kappa shape index (κ1) is 22.1. The molecule has 7 nitrogen and oxygen atoms in total. The molecular formula is C24H26N4O3S. The van der Waals surface area contributed by atoms with E-state index in [0.29, 0.717) is 38.0 Å². The zero-order valence-corrected chi connectivity index (χ0v) is 18.6. The third-order valence-electron chi connectivity index (χ3n) is 6.00. The van der Waals surface area contributed by atoms with E-state index >= 15 is 0 Å². The lowest BCUT2D eigenvalue weighted by atomic mass is 9.97. The second kappa shape index (κ2) is 9.55. The third kappa shape index (κ3) is 4.69. The molecule has 2 aromatic carbocycles. The van der Waals surface area contributed by atoms with Gasteiger partial charge in [-0.05, 0) is 61.0 Å². The fourth-order valence-corrected chi connectivity index (χ4v) is 5.62. The molecule has 1 saturated heterocycles. The SMILES string of the molecule is N#Cc1ccc(S(=O)(=O)N2CCC(C(=O)NCCCn3ccc4ccccc43)CC2)cc1. The Morgan fingerprint density at radius 2 is 1.78 bits per heavy atom. The molecule has 0 atom stereocenters. The van der Waals surface area contributed by atoms with E-state index in [4.69, 9.17) is 5.26 Å². The number of aromatic nitrogens is 1. The van der Waals surface area contributed by atoms with E-state index in [9.17, 15) is 13.2 Å². The number of benzene rings is 2. The van der Waals surface area contributed by atoms with Crippen LogP contribution in [0.5, 0.6) is 0 Å². The molecule has 1 fully saturated rings. The summed E-state index contributed by atoms with van der Waals surface area (Å²) in [6.07, 6.45) is 3.90. The van der Waals surface area contributed by atoms with E-state index in [1.807, 2.05) is 18.2 Å². The van der Waals surface area contributed by atoms with Crippen LogP contribution in [0.1, 0.15) is 24.8 Å². The van der Waals surface area contributed by atoms with Crippen molar-refractivity contribution in [1.29, 1.82) is 5.26 Å². The number of fused-ring (bicyclic) bond motifs is 1. The number of aryl methyl sites for hydroxylation is 1. The molecule has 2 heterocycles. The highest BCUT2D eigenvalue weighted by atomic mass is 32.2. The van der Waals surface area contributed by atoms with Crippen molar-refractivity contribution in [3.05, 3.63) is 66.4 Å². The van der Waals surface area contributed by atoms with Gasteiger partial charge in [0, 0.05) is 43.8 Å². The Kier molecular flexibility index (Phi) is 6.58. The molecule has 3 aromatic rings. The van der Waals surface area contributed by atoms with Crippen molar-refractivity contribution in [2.75, 3.05) is 19.6 Å². The first-order valence-electron chi connectivity index (χ1n) is 10.8. The minimum Gasteiger partial charge on any atom is -0.356 e. The van der Waals surface area contributed by atoms with Crippen molar-refractivity contribution >= 4 is 26.8 Å². The lowest BCUT2D eigenvalue weighted by molar-refractivity contribution is -0.126. The molecule has 0 bridgehead atoms. The maximum absolute atomic E-state index is 12.8. The number of nitriles is 1. The smallest absolute Gasteiger partial charge is 0.243 e. The van der Waals surface area contributed by atoms with Gasteiger partial charge in [0.25, 0.3) is 0 Å². The van der Waals surface area contributed by atoms with Crippen LogP contribution in [-0.4, -0.2) is 42.8 Å². The van der Waals surface area contributed by atoms with Crippen LogP contribution in [0.25, 0.3) is 10.9 Å². The average molecular weight is 451 g/mol. The zero-order valence-electron chi connectivity index (χ0n) is 17.8. The van der Waals surface area contributed by atoms with Crippen molar-refractivity contribution in [2.24, 2.45) is 5.92 Å². The summed E-state index contributed by atoms with van der Waals surface area (Å²) in [5, 5.41) is 13.1. The van der Waals surface area contributed by atoms with Crippen molar-refractivity contribution in [2.45, 2.75) is 30.7 Å². The summed E-state index contributed by atoms with van der Waals surface area (Å²) >= 11 is 0. The van der Waals surface area contributed by atoms with Crippen LogP contribution in [-0.2, 0) is 21.4 Å². The summed E-state index contributed by atoms with van der Waals surface area (Å²) in [6, 6.07) is 18.2. The summed E-state index contributed by atoms with van der Waals surface area (Å²) in [4.78, 5) is 12.7. The van der Waals surface area contributed by atoms with Crippen molar-refractivity contribution in [1.82, 2.24) is 14.2 Å². The number of carbonyl (C=O) groups is 1. The number of para-hydroxylation sites is 1. The molecule has 0 spiro atoms. The van der Waals surface area contributed by atoms with Gasteiger partial charge in [0.2, 0.25) is 15.9 Å². The molecule has 8 heteroatoms. The van der Waals surface area contributed by atoms with Gasteiger partial charge in [0.15, 0.2) is 0 Å². The quantitative estimate of drug-likeness (QED) is 0.560. The summed E-state index contributed by atoms with van der Waals surface area (Å²) in [5.41, 5.74) is 1.61. The molecule has 1 aromatic heterocycles. The van der Waals surface area contributed by atoms with E-state index in [-0.39, 0.29) is 16.7 Å². The largest absolute Gasteiger partial charge is 0.356 e. The molecule has 0 unspecified atom stereocenters. The number of piperidine rings is 1. The van der Waals surface area contributed by atoms with Crippen LogP contribution >= 0.6 is 0 Å². The molecule has 166 valence electrons. The van der Waals surface area contributed by atoms with E-state index in [0.717, 1.165) is 13.0 Å². The van der Waals surface area contributed by atoms with Gasteiger partial charge in [-0.15, -0.1) is 0 Å². The van der Waals surface area contributed by atoms with Gasteiger partial charge < -0.3 is 9.88 Å². The highest BCUT2D eigenvalue weighted by molar-refractivity contribution is 7.89. The van der Waals surface area contributed by atoms with Crippen molar-refractivity contribution in [3.8, 4) is 6.07 Å². The van der Waals surface area contributed by atoms with E-state index < -0.39 is 10.0 Å². The fourth-order valence-electron chi connectivity index (χ4n) is 4.15. The summed E-state index contributed by atoms with van der Waals surface area (Å²) in [6.45, 7) is 2.05. The Morgan fingerprint density at radius 1 is 1.06 bits per heavy atom. The van der Waals surface area contributed by atoms with Crippen LogP contribution in [0.4, 0.5) is 0 Å². The molecule has 1 amide bonds. The lowest BCUT2D eigenvalue weighted by Gasteiger charge is -2.30. The molecule has 1 aliphatic heterocycles. The predicted octanol–water partition coefficient (Wildman–Crippen LogP) is 3.12. The monoisotopic (exact) mass is 450 g/mol. The summed E-state index contributed by atoms with van der Waals surface area (Å²) in [5.74, 6) is -0.174. The molecule has 0 saturated carbocycles. The number of carbonyl (C=O) groups excluding carboxylic acids is 1. The highest BCUT2D eigenvalue weighted by Crippen LogP contribution is 2.24. The number of nitrogens with one attached hydrogen (secondary N) is 1. The van der Waals surface area contributed by atoms with Crippen LogP contribution in [0, 0.1) is 17.2 Å². The van der Waals surface area contributed by atoms with E-state index in [2.05, 4.69) is 34.3 Å². The van der Waals surface area contributed by atoms with Gasteiger partial charge in [-0.3, -0.25) is 4.79 Å². The lowest BCUT2D eigenvalue weighted by Crippen LogP contribution is -2.43. The topological polar surface area (TPSA) is 95.2 Å². The summed E-state index contributed by atoms with van der Waals surface area (Å²) in [7, 11) is -3.61. The molecule has 0 radical (unpaired) electrons. The Bertz CT molecular complexity index is 1230. The minimum absolute atomic E-state index is 0.00205. The second-order valence-corrected chi connectivity index (χ2v) is 9.97. The van der Waals surface area contributed by atoms with Crippen LogP contribution < -0.4 is 5.32 Å².